The number of anilines is 1. The number of hydrogen-bond donors (Lipinski definition) is 0. The zero-order chi connectivity index (χ0) is 11.3. The first-order chi connectivity index (χ1) is 7.24. The van der Waals surface area contributed by atoms with Gasteiger partial charge in [-0.1, -0.05) is 18.9 Å². The van der Waals surface area contributed by atoms with Gasteiger partial charge >= 0.3 is 0 Å². The van der Waals surface area contributed by atoms with E-state index in [0.717, 1.165) is 25.3 Å². The van der Waals surface area contributed by atoms with Crippen molar-refractivity contribution >= 4 is 17.5 Å². The van der Waals surface area contributed by atoms with E-state index in [0.29, 0.717) is 11.9 Å². The fourth-order valence-corrected chi connectivity index (χ4v) is 1.92. The number of nitrogens with zero attached hydrogens (tertiary/aromatic N) is 5. The summed E-state index contributed by atoms with van der Waals surface area (Å²) in [5, 5.41) is 11.5. The Bertz CT molecular complexity index is 284. The lowest BCUT2D eigenvalue weighted by Gasteiger charge is -2.29. The molecule has 1 aromatic rings. The van der Waals surface area contributed by atoms with Crippen molar-refractivity contribution < 1.29 is 0 Å². The lowest BCUT2D eigenvalue weighted by molar-refractivity contribution is 0.544. The van der Waals surface area contributed by atoms with E-state index >= 15 is 0 Å². The van der Waals surface area contributed by atoms with Crippen LogP contribution in [0.3, 0.4) is 0 Å². The summed E-state index contributed by atoms with van der Waals surface area (Å²) in [6.07, 6.45) is 2.14. The highest BCUT2D eigenvalue weighted by atomic mass is 35.5. The molecule has 0 aliphatic heterocycles. The van der Waals surface area contributed by atoms with Crippen LogP contribution in [-0.2, 0) is 7.05 Å². The van der Waals surface area contributed by atoms with Crippen molar-refractivity contribution in [2.24, 2.45) is 7.05 Å². The number of hydrogen-bond acceptors (Lipinski definition) is 4. The molecule has 0 atom stereocenters. The first-order valence-corrected chi connectivity index (χ1v) is 5.82. The van der Waals surface area contributed by atoms with Gasteiger partial charge in [-0.25, -0.2) is 4.68 Å². The van der Waals surface area contributed by atoms with E-state index in [9.17, 15) is 0 Å². The second kappa shape index (κ2) is 5.90. The molecule has 0 saturated carbocycles. The van der Waals surface area contributed by atoms with Crippen molar-refractivity contribution in [3.63, 3.8) is 0 Å². The number of tetrazole rings is 1. The summed E-state index contributed by atoms with van der Waals surface area (Å²) in [7, 11) is 1.85. The second-order valence-corrected chi connectivity index (χ2v) is 3.83. The maximum atomic E-state index is 5.80. The van der Waals surface area contributed by atoms with Crippen LogP contribution in [0.15, 0.2) is 0 Å². The number of rotatable bonds is 6. The van der Waals surface area contributed by atoms with E-state index < -0.39 is 0 Å². The van der Waals surface area contributed by atoms with Crippen LogP contribution in [-0.4, -0.2) is 38.7 Å². The van der Waals surface area contributed by atoms with Crippen LogP contribution in [0.4, 0.5) is 5.95 Å². The molecule has 15 heavy (non-hydrogen) atoms. The highest BCUT2D eigenvalue weighted by molar-refractivity contribution is 6.18. The van der Waals surface area contributed by atoms with Crippen LogP contribution in [0.1, 0.15) is 26.7 Å². The molecule has 0 amide bonds. The average molecular weight is 232 g/mol. The molecule has 0 aliphatic carbocycles. The molecule has 1 heterocycles. The third-order valence-electron chi connectivity index (χ3n) is 2.56. The fourth-order valence-electron chi connectivity index (χ4n) is 1.73. The van der Waals surface area contributed by atoms with Crippen molar-refractivity contribution in [2.75, 3.05) is 17.3 Å². The predicted molar refractivity (Wildman–Crippen MR) is 61.2 cm³/mol. The Labute approximate surface area is 95.4 Å². The molecule has 0 aromatic carbocycles. The first-order valence-electron chi connectivity index (χ1n) is 5.29. The average Bonchev–Trinajstić information content (AvgIpc) is 2.65. The molecule has 0 spiro atoms. The van der Waals surface area contributed by atoms with E-state index in [4.69, 9.17) is 11.6 Å². The Morgan fingerprint density at radius 3 is 2.47 bits per heavy atom. The van der Waals surface area contributed by atoms with Crippen molar-refractivity contribution in [3.8, 4) is 0 Å². The van der Waals surface area contributed by atoms with E-state index in [2.05, 4.69) is 34.3 Å². The molecule has 6 heteroatoms. The number of alkyl halides is 1. The van der Waals surface area contributed by atoms with Crippen LogP contribution < -0.4 is 4.90 Å². The van der Waals surface area contributed by atoms with Gasteiger partial charge in [-0.3, -0.25) is 0 Å². The topological polar surface area (TPSA) is 46.8 Å². The van der Waals surface area contributed by atoms with E-state index in [1.54, 1.807) is 4.68 Å². The molecule has 0 aliphatic rings. The number of aromatic nitrogens is 4. The maximum absolute atomic E-state index is 5.80. The summed E-state index contributed by atoms with van der Waals surface area (Å²) in [5.74, 6) is 1.38. The Hall–Kier alpha value is -0.840. The lowest BCUT2D eigenvalue weighted by atomic mass is 10.1. The summed E-state index contributed by atoms with van der Waals surface area (Å²) in [4.78, 5) is 2.17. The zero-order valence-electron chi connectivity index (χ0n) is 9.52. The molecule has 0 bridgehead atoms. The lowest BCUT2D eigenvalue weighted by Crippen LogP contribution is -2.38. The van der Waals surface area contributed by atoms with Gasteiger partial charge in [0.15, 0.2) is 0 Å². The Morgan fingerprint density at radius 1 is 1.40 bits per heavy atom. The van der Waals surface area contributed by atoms with Gasteiger partial charge in [-0.15, -0.1) is 11.6 Å². The fraction of sp³-hybridized carbons (Fsp3) is 0.889. The highest BCUT2D eigenvalue weighted by Gasteiger charge is 2.19. The van der Waals surface area contributed by atoms with Gasteiger partial charge in [-0.05, 0) is 23.3 Å². The monoisotopic (exact) mass is 231 g/mol. The molecule has 0 saturated heterocycles. The smallest absolute Gasteiger partial charge is 0.245 e. The zero-order valence-corrected chi connectivity index (χ0v) is 10.3. The minimum atomic E-state index is 0.452. The molecule has 0 N–H and O–H groups in total. The van der Waals surface area contributed by atoms with Crippen LogP contribution in [0.5, 0.6) is 0 Å². The summed E-state index contributed by atoms with van der Waals surface area (Å²) in [6, 6.07) is 0.452. The van der Waals surface area contributed by atoms with Gasteiger partial charge < -0.3 is 4.90 Å². The van der Waals surface area contributed by atoms with Gasteiger partial charge in [0.25, 0.3) is 0 Å². The molecule has 0 fully saturated rings. The van der Waals surface area contributed by atoms with E-state index in [1.165, 1.54) is 0 Å². The normalized spacial score (nSPS) is 11.0. The third-order valence-corrected chi connectivity index (χ3v) is 2.73. The molecular weight excluding hydrogens is 214 g/mol. The summed E-state index contributed by atoms with van der Waals surface area (Å²) >= 11 is 5.80. The van der Waals surface area contributed by atoms with Gasteiger partial charge in [0, 0.05) is 25.5 Å². The molecule has 5 nitrogen and oxygen atoms in total. The van der Waals surface area contributed by atoms with Crippen molar-refractivity contribution in [1.82, 2.24) is 20.2 Å². The minimum Gasteiger partial charge on any atom is -0.336 e. The van der Waals surface area contributed by atoms with Gasteiger partial charge in [0.1, 0.15) is 0 Å². The molecule has 1 aromatic heterocycles. The SMILES string of the molecule is CCC(CC)N(CCCl)c1nnnn1C. The van der Waals surface area contributed by atoms with Gasteiger partial charge in [0.2, 0.25) is 5.95 Å². The standard InChI is InChI=1S/C9H18ClN5/c1-4-8(5-2)15(7-6-10)9-11-12-13-14(9)3/h8H,4-7H2,1-3H3. The number of aryl methyl sites for hydroxylation is 1. The summed E-state index contributed by atoms with van der Waals surface area (Å²) < 4.78 is 1.69. The molecular formula is C9H18ClN5. The summed E-state index contributed by atoms with van der Waals surface area (Å²) in [5.41, 5.74) is 0. The molecule has 0 unspecified atom stereocenters. The summed E-state index contributed by atoms with van der Waals surface area (Å²) in [6.45, 7) is 5.11. The number of halogens is 1. The predicted octanol–water partition coefficient (Wildman–Crippen LogP) is 1.44. The Kier molecular flexibility index (Phi) is 4.81. The molecule has 1 rings (SSSR count). The van der Waals surface area contributed by atoms with Crippen molar-refractivity contribution in [3.05, 3.63) is 0 Å². The van der Waals surface area contributed by atoms with Gasteiger partial charge in [0.05, 0.1) is 0 Å². The third kappa shape index (κ3) is 2.81. The van der Waals surface area contributed by atoms with Gasteiger partial charge in [-0.2, -0.15) is 0 Å². The quantitative estimate of drug-likeness (QED) is 0.696. The Balaban J connectivity index is 2.86. The van der Waals surface area contributed by atoms with Crippen molar-refractivity contribution in [1.29, 1.82) is 0 Å². The van der Waals surface area contributed by atoms with Crippen LogP contribution in [0.25, 0.3) is 0 Å². The molecule has 86 valence electrons. The van der Waals surface area contributed by atoms with E-state index in [1.807, 2.05) is 7.05 Å². The van der Waals surface area contributed by atoms with Crippen molar-refractivity contribution in [2.45, 2.75) is 32.7 Å². The minimum absolute atomic E-state index is 0.452. The second-order valence-electron chi connectivity index (χ2n) is 3.46. The van der Waals surface area contributed by atoms with Crippen LogP contribution in [0.2, 0.25) is 0 Å². The molecule has 0 radical (unpaired) electrons. The Morgan fingerprint density at radius 2 is 2.07 bits per heavy atom. The maximum Gasteiger partial charge on any atom is 0.245 e. The largest absolute Gasteiger partial charge is 0.336 e. The van der Waals surface area contributed by atoms with Crippen LogP contribution >= 0.6 is 11.6 Å². The van der Waals surface area contributed by atoms with E-state index in [-0.39, 0.29) is 0 Å². The van der Waals surface area contributed by atoms with Crippen LogP contribution in [0, 0.1) is 0 Å². The highest BCUT2D eigenvalue weighted by Crippen LogP contribution is 2.16. The first kappa shape index (κ1) is 12.2.